The van der Waals surface area contributed by atoms with Crippen molar-refractivity contribution in [1.29, 1.82) is 0 Å². The van der Waals surface area contributed by atoms with Gasteiger partial charge in [-0.3, -0.25) is 14.9 Å². The SMILES string of the molecule is COc1ccc(C(=O)/C=C/c2ccc(OC)c([N+](=O)[O-])c2OC)cc1OC. The number of ether oxygens (including phenoxy) is 4. The molecule has 0 N–H and O–H groups in total. The summed E-state index contributed by atoms with van der Waals surface area (Å²) in [6, 6.07) is 7.80. The van der Waals surface area contributed by atoms with E-state index in [1.54, 1.807) is 24.3 Å². The van der Waals surface area contributed by atoms with E-state index in [2.05, 4.69) is 0 Å². The Bertz CT molecular complexity index is 890. The number of ketones is 1. The topological polar surface area (TPSA) is 97.1 Å². The molecule has 0 radical (unpaired) electrons. The van der Waals surface area contributed by atoms with Crippen LogP contribution >= 0.6 is 0 Å². The van der Waals surface area contributed by atoms with E-state index in [1.807, 2.05) is 0 Å². The van der Waals surface area contributed by atoms with Crippen LogP contribution in [0.25, 0.3) is 6.08 Å². The lowest BCUT2D eigenvalue weighted by atomic mass is 10.1. The number of hydrogen-bond donors (Lipinski definition) is 0. The first-order chi connectivity index (χ1) is 13.0. The highest BCUT2D eigenvalue weighted by atomic mass is 16.6. The minimum absolute atomic E-state index is 0.00992. The summed E-state index contributed by atoms with van der Waals surface area (Å²) in [7, 11) is 5.62. The number of nitro groups is 1. The molecule has 0 spiro atoms. The predicted molar refractivity (Wildman–Crippen MR) is 99.1 cm³/mol. The number of methoxy groups -OCH3 is 4. The molecular weight excluding hydrogens is 354 g/mol. The van der Waals surface area contributed by atoms with Crippen LogP contribution in [0.4, 0.5) is 5.69 Å². The van der Waals surface area contributed by atoms with Gasteiger partial charge in [0.1, 0.15) is 0 Å². The first kappa shape index (κ1) is 19.8. The first-order valence-corrected chi connectivity index (χ1v) is 7.80. The quantitative estimate of drug-likeness (QED) is 0.302. The summed E-state index contributed by atoms with van der Waals surface area (Å²) in [5.74, 6) is 0.701. The Morgan fingerprint density at radius 3 is 2.11 bits per heavy atom. The Hall–Kier alpha value is -3.55. The average molecular weight is 373 g/mol. The third kappa shape index (κ3) is 4.17. The van der Waals surface area contributed by atoms with Crippen LogP contribution in [0.5, 0.6) is 23.0 Å². The molecule has 0 saturated heterocycles. The Morgan fingerprint density at radius 2 is 1.56 bits per heavy atom. The van der Waals surface area contributed by atoms with E-state index in [0.717, 1.165) is 0 Å². The molecule has 0 saturated carbocycles. The van der Waals surface area contributed by atoms with Gasteiger partial charge in [0.2, 0.25) is 11.5 Å². The minimum atomic E-state index is -0.592. The number of benzene rings is 2. The normalized spacial score (nSPS) is 10.5. The van der Waals surface area contributed by atoms with Gasteiger partial charge in [-0.25, -0.2) is 0 Å². The zero-order chi connectivity index (χ0) is 20.0. The van der Waals surface area contributed by atoms with Gasteiger partial charge in [-0.1, -0.05) is 0 Å². The number of carbonyl (C=O) groups is 1. The van der Waals surface area contributed by atoms with E-state index >= 15 is 0 Å². The summed E-state index contributed by atoms with van der Waals surface area (Å²) in [5, 5.41) is 11.3. The Balaban J connectivity index is 2.39. The average Bonchev–Trinajstić information content (AvgIpc) is 2.70. The predicted octanol–water partition coefficient (Wildman–Crippen LogP) is 3.53. The summed E-state index contributed by atoms with van der Waals surface area (Å²) in [4.78, 5) is 23.2. The standard InChI is InChI=1S/C19H19NO7/c1-24-15-9-7-13(11-17(15)26-3)14(21)8-5-12-6-10-16(25-2)18(20(22)23)19(12)27-4/h5-11H,1-4H3/b8-5+. The summed E-state index contributed by atoms with van der Waals surface area (Å²) < 4.78 is 20.5. The second kappa shape index (κ2) is 8.70. The van der Waals surface area contributed by atoms with Gasteiger partial charge in [0.05, 0.1) is 33.4 Å². The zero-order valence-corrected chi connectivity index (χ0v) is 15.3. The van der Waals surface area contributed by atoms with Crippen molar-refractivity contribution in [3.8, 4) is 23.0 Å². The van der Waals surface area contributed by atoms with E-state index in [9.17, 15) is 14.9 Å². The first-order valence-electron chi connectivity index (χ1n) is 7.80. The van der Waals surface area contributed by atoms with Gasteiger partial charge in [0.15, 0.2) is 17.3 Å². The van der Waals surface area contributed by atoms with E-state index in [0.29, 0.717) is 22.6 Å². The fourth-order valence-corrected chi connectivity index (χ4v) is 2.50. The molecule has 0 atom stereocenters. The Labute approximate surface area is 156 Å². The van der Waals surface area contributed by atoms with E-state index in [4.69, 9.17) is 18.9 Å². The molecule has 0 bridgehead atoms. The smallest absolute Gasteiger partial charge is 0.352 e. The molecule has 0 aliphatic rings. The highest BCUT2D eigenvalue weighted by molar-refractivity contribution is 6.07. The van der Waals surface area contributed by atoms with Crippen LogP contribution in [-0.2, 0) is 0 Å². The van der Waals surface area contributed by atoms with Gasteiger partial charge in [0, 0.05) is 11.1 Å². The van der Waals surface area contributed by atoms with E-state index in [-0.39, 0.29) is 23.0 Å². The van der Waals surface area contributed by atoms with E-state index in [1.165, 1.54) is 46.7 Å². The van der Waals surface area contributed by atoms with Crippen molar-refractivity contribution in [2.75, 3.05) is 28.4 Å². The molecule has 0 aromatic heterocycles. The lowest BCUT2D eigenvalue weighted by Crippen LogP contribution is -2.00. The maximum atomic E-state index is 12.4. The van der Waals surface area contributed by atoms with Crippen molar-refractivity contribution in [3.63, 3.8) is 0 Å². The minimum Gasteiger partial charge on any atom is -0.493 e. The summed E-state index contributed by atoms with van der Waals surface area (Å²) in [5.41, 5.74) is 0.449. The molecule has 0 heterocycles. The third-order valence-electron chi connectivity index (χ3n) is 3.81. The Morgan fingerprint density at radius 1 is 0.926 bits per heavy atom. The number of rotatable bonds is 8. The molecule has 2 aromatic carbocycles. The van der Waals surface area contributed by atoms with Crippen molar-refractivity contribution in [3.05, 3.63) is 57.6 Å². The maximum Gasteiger partial charge on any atom is 0.352 e. The third-order valence-corrected chi connectivity index (χ3v) is 3.81. The molecule has 0 aliphatic heterocycles. The van der Waals surface area contributed by atoms with Gasteiger partial charge in [-0.2, -0.15) is 0 Å². The van der Waals surface area contributed by atoms with Gasteiger partial charge in [-0.15, -0.1) is 0 Å². The van der Waals surface area contributed by atoms with E-state index < -0.39 is 4.92 Å². The summed E-state index contributed by atoms with van der Waals surface area (Å²) >= 11 is 0. The molecule has 2 rings (SSSR count). The lowest BCUT2D eigenvalue weighted by Gasteiger charge is -2.09. The number of hydrogen-bond acceptors (Lipinski definition) is 7. The van der Waals surface area contributed by atoms with Crippen molar-refractivity contribution in [2.24, 2.45) is 0 Å². The van der Waals surface area contributed by atoms with Gasteiger partial charge < -0.3 is 18.9 Å². The molecular formula is C19H19NO7. The number of nitro benzene ring substituents is 1. The highest BCUT2D eigenvalue weighted by Gasteiger charge is 2.24. The monoisotopic (exact) mass is 373 g/mol. The molecule has 0 fully saturated rings. The molecule has 0 unspecified atom stereocenters. The zero-order valence-electron chi connectivity index (χ0n) is 15.3. The number of carbonyl (C=O) groups excluding carboxylic acids is 1. The van der Waals surface area contributed by atoms with Crippen LogP contribution in [0.2, 0.25) is 0 Å². The van der Waals surface area contributed by atoms with Crippen LogP contribution in [-0.4, -0.2) is 39.1 Å². The molecule has 142 valence electrons. The number of nitrogens with zero attached hydrogens (tertiary/aromatic N) is 1. The molecule has 2 aromatic rings. The van der Waals surface area contributed by atoms with Crippen LogP contribution < -0.4 is 18.9 Å². The van der Waals surface area contributed by atoms with Crippen molar-refractivity contribution < 1.29 is 28.7 Å². The van der Waals surface area contributed by atoms with Crippen LogP contribution in [0.15, 0.2) is 36.4 Å². The molecule has 0 aliphatic carbocycles. The molecule has 8 nitrogen and oxygen atoms in total. The molecule has 8 heteroatoms. The second-order valence-corrected chi connectivity index (χ2v) is 5.26. The molecule has 0 amide bonds. The van der Waals surface area contributed by atoms with Crippen LogP contribution in [0.3, 0.4) is 0 Å². The van der Waals surface area contributed by atoms with Gasteiger partial charge >= 0.3 is 5.69 Å². The second-order valence-electron chi connectivity index (χ2n) is 5.26. The fraction of sp³-hybridized carbons (Fsp3) is 0.211. The lowest BCUT2D eigenvalue weighted by molar-refractivity contribution is -0.386. The molecule has 27 heavy (non-hydrogen) atoms. The van der Waals surface area contributed by atoms with Gasteiger partial charge in [-0.05, 0) is 42.5 Å². The maximum absolute atomic E-state index is 12.4. The van der Waals surface area contributed by atoms with Gasteiger partial charge in [0.25, 0.3) is 0 Å². The summed E-state index contributed by atoms with van der Waals surface area (Å²) in [6.45, 7) is 0. The largest absolute Gasteiger partial charge is 0.493 e. The summed E-state index contributed by atoms with van der Waals surface area (Å²) in [6.07, 6.45) is 2.75. The van der Waals surface area contributed by atoms with Crippen molar-refractivity contribution in [2.45, 2.75) is 0 Å². The fourth-order valence-electron chi connectivity index (χ4n) is 2.50. The highest BCUT2D eigenvalue weighted by Crippen LogP contribution is 2.40. The van der Waals surface area contributed by atoms with Crippen LogP contribution in [0.1, 0.15) is 15.9 Å². The van der Waals surface area contributed by atoms with Crippen molar-refractivity contribution >= 4 is 17.5 Å². The van der Waals surface area contributed by atoms with Crippen molar-refractivity contribution in [1.82, 2.24) is 0 Å². The Kier molecular flexibility index (Phi) is 6.37. The number of allylic oxidation sites excluding steroid dienone is 1. The van der Waals surface area contributed by atoms with Crippen LogP contribution in [0, 0.1) is 10.1 Å².